The van der Waals surface area contributed by atoms with Gasteiger partial charge in [-0.05, 0) is 66.2 Å². The van der Waals surface area contributed by atoms with Gasteiger partial charge in [0.2, 0.25) is 0 Å². The highest BCUT2D eigenvalue weighted by molar-refractivity contribution is 7.90. The lowest BCUT2D eigenvalue weighted by atomic mass is 10.1. The number of carbonyl (C=O) groups is 1. The number of halogens is 1. The van der Waals surface area contributed by atoms with E-state index in [0.717, 1.165) is 16.5 Å². The zero-order valence-corrected chi connectivity index (χ0v) is 21.1. The first-order valence-electron chi connectivity index (χ1n) is 11.6. The van der Waals surface area contributed by atoms with E-state index in [-0.39, 0.29) is 34.2 Å². The van der Waals surface area contributed by atoms with Crippen molar-refractivity contribution in [2.45, 2.75) is 17.2 Å². The summed E-state index contributed by atoms with van der Waals surface area (Å²) in [5.41, 5.74) is 3.10. The van der Waals surface area contributed by atoms with Gasteiger partial charge in [0.25, 0.3) is 5.91 Å². The third kappa shape index (κ3) is 5.63. The van der Waals surface area contributed by atoms with E-state index < -0.39 is 15.7 Å². The molecule has 2 heterocycles. The molecule has 2 N–H and O–H groups in total. The number of hydrogen-bond acceptors (Lipinski definition) is 5. The van der Waals surface area contributed by atoms with Crippen LogP contribution in [0.15, 0.2) is 84.0 Å². The van der Waals surface area contributed by atoms with Crippen molar-refractivity contribution in [2.75, 3.05) is 0 Å². The molecule has 5 aromatic rings. The Bertz CT molecular complexity index is 1810. The zero-order chi connectivity index (χ0) is 26.7. The number of aromatic nitrogens is 4. The molecule has 8 nitrogen and oxygen atoms in total. The van der Waals surface area contributed by atoms with Gasteiger partial charge in [-0.2, -0.15) is 10.2 Å². The van der Waals surface area contributed by atoms with Crippen LogP contribution in [0.5, 0.6) is 0 Å². The summed E-state index contributed by atoms with van der Waals surface area (Å²) in [5, 5.41) is 14.8. The van der Waals surface area contributed by atoms with Gasteiger partial charge in [-0.15, -0.1) is 0 Å². The number of aryl methyl sites for hydroxylation is 1. The molecule has 0 atom stereocenters. The second-order valence-electron chi connectivity index (χ2n) is 8.68. The number of H-pyrrole nitrogens is 1. The molecule has 3 aromatic carbocycles. The summed E-state index contributed by atoms with van der Waals surface area (Å²) in [6.07, 6.45) is 3.37. The van der Waals surface area contributed by atoms with Crippen molar-refractivity contribution in [3.05, 3.63) is 113 Å². The minimum atomic E-state index is -3.83. The molecule has 0 fully saturated rings. The van der Waals surface area contributed by atoms with Gasteiger partial charge in [-0.25, -0.2) is 12.8 Å². The van der Waals surface area contributed by atoms with E-state index in [1.807, 2.05) is 18.2 Å². The van der Waals surface area contributed by atoms with E-state index in [0.29, 0.717) is 11.3 Å². The predicted octanol–water partition coefficient (Wildman–Crippen LogP) is 3.74. The minimum absolute atomic E-state index is 0.0141. The second-order valence-corrected chi connectivity index (χ2v) is 10.6. The molecular weight excluding hydrogens is 505 g/mol. The SMILES string of the molecule is Cn1ccc(CS(=O)(=O)c2ccc(C(=O)NCc3ccc4[nH]ncc4c3)cc2C#Cc2ccc(F)cc2)n1. The number of aromatic amines is 1. The normalized spacial score (nSPS) is 11.2. The first-order valence-corrected chi connectivity index (χ1v) is 13.3. The molecule has 2 aromatic heterocycles. The monoisotopic (exact) mass is 527 g/mol. The fraction of sp³-hybridized carbons (Fsp3) is 0.107. The molecule has 0 spiro atoms. The number of nitrogens with one attached hydrogen (secondary N) is 2. The predicted molar refractivity (Wildman–Crippen MR) is 140 cm³/mol. The average molecular weight is 528 g/mol. The van der Waals surface area contributed by atoms with Crippen LogP contribution < -0.4 is 5.32 Å². The molecule has 0 aliphatic heterocycles. The van der Waals surface area contributed by atoms with Gasteiger partial charge in [-0.3, -0.25) is 14.6 Å². The summed E-state index contributed by atoms with van der Waals surface area (Å²) < 4.78 is 41.4. The summed E-state index contributed by atoms with van der Waals surface area (Å²) in [6.45, 7) is 0.274. The number of amides is 1. The number of fused-ring (bicyclic) bond motifs is 1. The number of carbonyl (C=O) groups excluding carboxylic acids is 1. The summed E-state index contributed by atoms with van der Waals surface area (Å²) in [7, 11) is -2.13. The summed E-state index contributed by atoms with van der Waals surface area (Å²) in [5.74, 6) is 4.63. The van der Waals surface area contributed by atoms with Crippen molar-refractivity contribution in [1.82, 2.24) is 25.3 Å². The standard InChI is InChI=1S/C28H22FN5O3S/c1-34-13-12-25(33-34)18-38(36,37)27-11-7-22(15-21(27)6-2-19-3-8-24(29)9-4-19)28(35)30-16-20-5-10-26-23(14-20)17-31-32-26/h3-5,7-15,17H,16,18H2,1H3,(H,30,35)(H,31,32). The van der Waals surface area contributed by atoms with Crippen molar-refractivity contribution in [2.24, 2.45) is 7.05 Å². The van der Waals surface area contributed by atoms with Gasteiger partial charge in [0.15, 0.2) is 9.84 Å². The third-order valence-electron chi connectivity index (χ3n) is 5.83. The Morgan fingerprint density at radius 1 is 1.05 bits per heavy atom. The third-order valence-corrected chi connectivity index (χ3v) is 7.53. The molecule has 0 aliphatic rings. The van der Waals surface area contributed by atoms with E-state index in [9.17, 15) is 17.6 Å². The van der Waals surface area contributed by atoms with Crippen LogP contribution in [0.2, 0.25) is 0 Å². The molecule has 38 heavy (non-hydrogen) atoms. The lowest BCUT2D eigenvalue weighted by Gasteiger charge is -2.10. The number of hydrogen-bond donors (Lipinski definition) is 2. The first kappa shape index (κ1) is 24.9. The van der Waals surface area contributed by atoms with Crippen molar-refractivity contribution in [1.29, 1.82) is 0 Å². The Balaban J connectivity index is 1.44. The molecule has 0 unspecified atom stereocenters. The topological polar surface area (TPSA) is 110 Å². The van der Waals surface area contributed by atoms with Crippen molar-refractivity contribution >= 4 is 26.6 Å². The van der Waals surface area contributed by atoms with Crippen LogP contribution in [-0.4, -0.2) is 34.3 Å². The highest BCUT2D eigenvalue weighted by atomic mass is 32.2. The summed E-state index contributed by atoms with van der Waals surface area (Å²) in [6, 6.07) is 17.2. The smallest absolute Gasteiger partial charge is 0.251 e. The molecule has 190 valence electrons. The quantitative estimate of drug-likeness (QED) is 0.327. The van der Waals surface area contributed by atoms with Gasteiger partial charge in [0, 0.05) is 41.9 Å². The van der Waals surface area contributed by atoms with Crippen LogP contribution in [0.4, 0.5) is 4.39 Å². The van der Waals surface area contributed by atoms with Crippen LogP contribution in [-0.2, 0) is 29.2 Å². The maximum Gasteiger partial charge on any atom is 0.251 e. The van der Waals surface area contributed by atoms with Gasteiger partial charge >= 0.3 is 0 Å². The van der Waals surface area contributed by atoms with Gasteiger partial charge < -0.3 is 5.32 Å². The molecule has 0 saturated heterocycles. The lowest BCUT2D eigenvalue weighted by Crippen LogP contribution is -2.23. The molecule has 0 bridgehead atoms. The van der Waals surface area contributed by atoms with Crippen LogP contribution in [0, 0.1) is 17.7 Å². The molecule has 5 rings (SSSR count). The molecule has 0 radical (unpaired) electrons. The number of nitrogens with zero attached hydrogens (tertiary/aromatic N) is 3. The fourth-order valence-electron chi connectivity index (χ4n) is 3.91. The minimum Gasteiger partial charge on any atom is -0.348 e. The van der Waals surface area contributed by atoms with E-state index in [1.165, 1.54) is 47.1 Å². The van der Waals surface area contributed by atoms with Crippen molar-refractivity contribution < 1.29 is 17.6 Å². The number of sulfone groups is 1. The van der Waals surface area contributed by atoms with Crippen LogP contribution in [0.25, 0.3) is 10.9 Å². The van der Waals surface area contributed by atoms with E-state index in [1.54, 1.807) is 25.5 Å². The molecule has 1 amide bonds. The highest BCUT2D eigenvalue weighted by Gasteiger charge is 2.22. The van der Waals surface area contributed by atoms with E-state index in [4.69, 9.17) is 0 Å². The van der Waals surface area contributed by atoms with E-state index in [2.05, 4.69) is 32.5 Å². The molecule has 10 heteroatoms. The van der Waals surface area contributed by atoms with Gasteiger partial charge in [0.05, 0.1) is 28.1 Å². The summed E-state index contributed by atoms with van der Waals surface area (Å²) in [4.78, 5) is 13.0. The Labute approximate surface area is 218 Å². The Kier molecular flexibility index (Phi) is 6.77. The Morgan fingerprint density at radius 3 is 2.63 bits per heavy atom. The molecule has 0 aliphatic carbocycles. The van der Waals surface area contributed by atoms with Gasteiger partial charge in [0.1, 0.15) is 5.82 Å². The maximum absolute atomic E-state index is 13.3. The van der Waals surface area contributed by atoms with E-state index >= 15 is 0 Å². The molecular formula is C28H22FN5O3S. The van der Waals surface area contributed by atoms with Gasteiger partial charge in [-0.1, -0.05) is 17.9 Å². The molecule has 0 saturated carbocycles. The maximum atomic E-state index is 13.3. The van der Waals surface area contributed by atoms with Crippen molar-refractivity contribution in [3.63, 3.8) is 0 Å². The summed E-state index contributed by atoms with van der Waals surface area (Å²) >= 11 is 0. The fourth-order valence-corrected chi connectivity index (χ4v) is 5.33. The average Bonchev–Trinajstić information content (AvgIpc) is 3.54. The Hall–Kier alpha value is -4.75. The second kappa shape index (κ2) is 10.3. The number of benzene rings is 3. The lowest BCUT2D eigenvalue weighted by molar-refractivity contribution is 0.0950. The largest absolute Gasteiger partial charge is 0.348 e. The first-order chi connectivity index (χ1) is 18.3. The van der Waals surface area contributed by atoms with Crippen molar-refractivity contribution in [3.8, 4) is 11.8 Å². The van der Waals surface area contributed by atoms with Crippen LogP contribution >= 0.6 is 0 Å². The number of rotatable bonds is 6. The highest BCUT2D eigenvalue weighted by Crippen LogP contribution is 2.22. The van der Waals surface area contributed by atoms with Crippen LogP contribution in [0.1, 0.15) is 32.7 Å². The zero-order valence-electron chi connectivity index (χ0n) is 20.3. The Morgan fingerprint density at radius 2 is 1.87 bits per heavy atom. The van der Waals surface area contributed by atoms with Crippen LogP contribution in [0.3, 0.4) is 0 Å².